The van der Waals surface area contributed by atoms with Crippen LogP contribution in [0.5, 0.6) is 5.88 Å². The number of aromatic hydroxyl groups is 1. The van der Waals surface area contributed by atoms with Crippen LogP contribution in [0.4, 0.5) is 11.4 Å². The maximum absolute atomic E-state index is 12.7. The first kappa shape index (κ1) is 19.6. The highest BCUT2D eigenvalue weighted by Gasteiger charge is 2.22. The van der Waals surface area contributed by atoms with Crippen molar-refractivity contribution >= 4 is 70.3 Å². The molecule has 0 bridgehead atoms. The van der Waals surface area contributed by atoms with Crippen molar-refractivity contribution < 1.29 is 9.90 Å². The standard InChI is InChI=1S/C21H16ClN3O2S2/c1-12(19(26)24-15-8-6-14(22)7-9-15)25-20(27)18(29-21(25)28)10-13-11-23-17-5-3-2-4-16(13)17/h2-12,27H,1H3,(H,24,26)/b13-10+. The molecule has 2 heterocycles. The largest absolute Gasteiger partial charge is 0.493 e. The Morgan fingerprint density at radius 3 is 2.76 bits per heavy atom. The molecule has 4 rings (SSSR count). The Labute approximate surface area is 181 Å². The second-order valence-electron chi connectivity index (χ2n) is 6.47. The van der Waals surface area contributed by atoms with Gasteiger partial charge in [0.2, 0.25) is 11.8 Å². The van der Waals surface area contributed by atoms with Crippen molar-refractivity contribution in [3.63, 3.8) is 0 Å². The molecule has 5 nitrogen and oxygen atoms in total. The highest BCUT2D eigenvalue weighted by Crippen LogP contribution is 2.37. The first-order chi connectivity index (χ1) is 13.9. The van der Waals surface area contributed by atoms with E-state index in [1.54, 1.807) is 37.4 Å². The van der Waals surface area contributed by atoms with Crippen LogP contribution in [0.3, 0.4) is 0 Å². The number of amides is 1. The fourth-order valence-corrected chi connectivity index (χ4v) is 4.57. The number of hydrogen-bond acceptors (Lipinski definition) is 5. The normalized spacial score (nSPS) is 14.8. The maximum atomic E-state index is 12.7. The molecule has 8 heteroatoms. The van der Waals surface area contributed by atoms with Gasteiger partial charge in [0, 0.05) is 28.1 Å². The Balaban J connectivity index is 1.61. The van der Waals surface area contributed by atoms with Crippen LogP contribution in [0.1, 0.15) is 23.4 Å². The SMILES string of the molecule is CC(C(=O)Nc1ccc(Cl)cc1)n1c(O)c(/C=C2\C=Nc3ccccc32)sc1=S. The average molecular weight is 442 g/mol. The van der Waals surface area contributed by atoms with Gasteiger partial charge in [0.1, 0.15) is 6.04 Å². The third-order valence-electron chi connectivity index (χ3n) is 4.57. The number of fused-ring (bicyclic) bond motifs is 1. The van der Waals surface area contributed by atoms with Gasteiger partial charge in [-0.3, -0.25) is 14.4 Å². The monoisotopic (exact) mass is 441 g/mol. The van der Waals surface area contributed by atoms with E-state index in [1.807, 2.05) is 30.3 Å². The molecule has 1 aromatic heterocycles. The number of thiazole rings is 1. The lowest BCUT2D eigenvalue weighted by Crippen LogP contribution is -2.23. The first-order valence-corrected chi connectivity index (χ1v) is 10.4. The van der Waals surface area contributed by atoms with Crippen LogP contribution >= 0.6 is 35.2 Å². The van der Waals surface area contributed by atoms with Crippen molar-refractivity contribution in [3.05, 3.63) is 67.9 Å². The van der Waals surface area contributed by atoms with Crippen LogP contribution in [-0.2, 0) is 4.79 Å². The number of nitrogens with one attached hydrogen (secondary N) is 1. The summed E-state index contributed by atoms with van der Waals surface area (Å²) in [6.45, 7) is 1.69. The summed E-state index contributed by atoms with van der Waals surface area (Å²) < 4.78 is 1.87. The predicted molar refractivity (Wildman–Crippen MR) is 122 cm³/mol. The summed E-state index contributed by atoms with van der Waals surface area (Å²) in [6.07, 6.45) is 3.60. The lowest BCUT2D eigenvalue weighted by atomic mass is 10.1. The van der Waals surface area contributed by atoms with Crippen molar-refractivity contribution in [1.29, 1.82) is 0 Å². The second kappa shape index (κ2) is 7.94. The molecule has 1 unspecified atom stereocenters. The number of allylic oxidation sites excluding steroid dienone is 1. The number of hydrogen-bond donors (Lipinski definition) is 2. The highest BCUT2D eigenvalue weighted by atomic mass is 35.5. The molecule has 0 fully saturated rings. The van der Waals surface area contributed by atoms with Gasteiger partial charge >= 0.3 is 0 Å². The smallest absolute Gasteiger partial charge is 0.247 e. The van der Waals surface area contributed by atoms with Crippen LogP contribution in [-0.4, -0.2) is 21.8 Å². The van der Waals surface area contributed by atoms with Crippen LogP contribution in [0.25, 0.3) is 11.6 Å². The fourth-order valence-electron chi connectivity index (χ4n) is 3.02. The van der Waals surface area contributed by atoms with Gasteiger partial charge in [-0.1, -0.05) is 29.8 Å². The van der Waals surface area contributed by atoms with Crippen molar-refractivity contribution in [1.82, 2.24) is 4.57 Å². The Morgan fingerprint density at radius 2 is 2.00 bits per heavy atom. The van der Waals surface area contributed by atoms with Crippen LogP contribution in [0.2, 0.25) is 5.02 Å². The lowest BCUT2D eigenvalue weighted by molar-refractivity contribution is -0.118. The molecule has 1 aliphatic rings. The molecule has 2 N–H and O–H groups in total. The Bertz CT molecular complexity index is 1210. The summed E-state index contributed by atoms with van der Waals surface area (Å²) in [6, 6.07) is 13.9. The van der Waals surface area contributed by atoms with Gasteiger partial charge in [-0.15, -0.1) is 11.3 Å². The second-order valence-corrected chi connectivity index (χ2v) is 8.59. The van der Waals surface area contributed by atoms with Crippen molar-refractivity contribution in [2.24, 2.45) is 4.99 Å². The van der Waals surface area contributed by atoms with Gasteiger partial charge in [0.15, 0.2) is 3.95 Å². The molecular formula is C21H16ClN3O2S2. The predicted octanol–water partition coefficient (Wildman–Crippen LogP) is 6.09. The number of benzene rings is 2. The molecule has 0 spiro atoms. The molecule has 0 saturated carbocycles. The molecule has 0 saturated heterocycles. The quantitative estimate of drug-likeness (QED) is 0.481. The Hall–Kier alpha value is -2.74. The van der Waals surface area contributed by atoms with E-state index in [-0.39, 0.29) is 11.8 Å². The van der Waals surface area contributed by atoms with Crippen molar-refractivity contribution in [2.75, 3.05) is 5.32 Å². The number of rotatable bonds is 4. The summed E-state index contributed by atoms with van der Waals surface area (Å²) in [5, 5.41) is 14.2. The van der Waals surface area contributed by atoms with E-state index < -0.39 is 6.04 Å². The lowest BCUT2D eigenvalue weighted by Gasteiger charge is -2.15. The van der Waals surface area contributed by atoms with Gasteiger partial charge in [-0.25, -0.2) is 0 Å². The van der Waals surface area contributed by atoms with E-state index in [9.17, 15) is 9.90 Å². The van der Waals surface area contributed by atoms with Gasteiger partial charge in [0.05, 0.1) is 10.6 Å². The number of aliphatic imine (C=N–C) groups is 1. The topological polar surface area (TPSA) is 66.6 Å². The molecule has 0 aliphatic carbocycles. The van der Waals surface area contributed by atoms with Gasteiger partial charge < -0.3 is 10.4 Å². The minimum Gasteiger partial charge on any atom is -0.493 e. The Morgan fingerprint density at radius 1 is 1.28 bits per heavy atom. The van der Waals surface area contributed by atoms with E-state index in [1.165, 1.54) is 15.9 Å². The zero-order valence-electron chi connectivity index (χ0n) is 15.3. The number of para-hydroxylation sites is 1. The van der Waals surface area contributed by atoms with Crippen molar-refractivity contribution in [2.45, 2.75) is 13.0 Å². The molecule has 146 valence electrons. The zero-order valence-corrected chi connectivity index (χ0v) is 17.7. The van der Waals surface area contributed by atoms with E-state index in [0.29, 0.717) is 19.5 Å². The first-order valence-electron chi connectivity index (χ1n) is 8.80. The van der Waals surface area contributed by atoms with Crippen LogP contribution in [0.15, 0.2) is 53.5 Å². The number of carbonyl (C=O) groups excluding carboxylic acids is 1. The zero-order chi connectivity index (χ0) is 20.5. The van der Waals surface area contributed by atoms with Crippen molar-refractivity contribution in [3.8, 4) is 5.88 Å². The van der Waals surface area contributed by atoms with Crippen LogP contribution in [0, 0.1) is 3.95 Å². The molecule has 1 aliphatic heterocycles. The minimum absolute atomic E-state index is 0.0379. The summed E-state index contributed by atoms with van der Waals surface area (Å²) in [5.74, 6) is -0.326. The molecule has 1 atom stereocenters. The molecule has 1 amide bonds. The average Bonchev–Trinajstić information content (AvgIpc) is 3.24. The number of aromatic nitrogens is 1. The molecule has 29 heavy (non-hydrogen) atoms. The molecule has 2 aromatic carbocycles. The summed E-state index contributed by atoms with van der Waals surface area (Å²) in [5.41, 5.74) is 3.38. The number of anilines is 1. The minimum atomic E-state index is -0.689. The third kappa shape index (κ3) is 3.89. The number of nitrogens with zero attached hydrogens (tertiary/aromatic N) is 2. The Kier molecular flexibility index (Phi) is 5.36. The molecule has 0 radical (unpaired) electrons. The highest BCUT2D eigenvalue weighted by molar-refractivity contribution is 7.73. The van der Waals surface area contributed by atoms with E-state index in [4.69, 9.17) is 23.8 Å². The number of halogens is 1. The van der Waals surface area contributed by atoms with Crippen LogP contribution < -0.4 is 5.32 Å². The van der Waals surface area contributed by atoms with Gasteiger partial charge in [-0.05, 0) is 55.5 Å². The number of carbonyl (C=O) groups is 1. The molecule has 3 aromatic rings. The van der Waals surface area contributed by atoms with Gasteiger partial charge in [0.25, 0.3) is 0 Å². The van der Waals surface area contributed by atoms with E-state index in [2.05, 4.69) is 10.3 Å². The summed E-state index contributed by atoms with van der Waals surface area (Å²) in [4.78, 5) is 17.6. The molecular weight excluding hydrogens is 426 g/mol. The summed E-state index contributed by atoms with van der Waals surface area (Å²) >= 11 is 12.5. The van der Waals surface area contributed by atoms with E-state index >= 15 is 0 Å². The fraction of sp³-hybridized carbons (Fsp3) is 0.0952. The summed E-state index contributed by atoms with van der Waals surface area (Å²) in [7, 11) is 0. The van der Waals surface area contributed by atoms with Gasteiger partial charge in [-0.2, -0.15) is 0 Å². The third-order valence-corrected chi connectivity index (χ3v) is 6.16. The van der Waals surface area contributed by atoms with E-state index in [0.717, 1.165) is 16.8 Å². The maximum Gasteiger partial charge on any atom is 0.247 e.